The van der Waals surface area contributed by atoms with Crippen molar-refractivity contribution in [3.63, 3.8) is 0 Å². The van der Waals surface area contributed by atoms with E-state index < -0.39 is 0 Å². The van der Waals surface area contributed by atoms with Gasteiger partial charge in [0.15, 0.2) is 0 Å². The van der Waals surface area contributed by atoms with Crippen molar-refractivity contribution >= 4 is 66.8 Å². The van der Waals surface area contributed by atoms with Crippen LogP contribution in [0.25, 0.3) is 66.1 Å². The van der Waals surface area contributed by atoms with Crippen molar-refractivity contribution in [3.8, 4) is 22.5 Å². The first kappa shape index (κ1) is 23.4. The van der Waals surface area contributed by atoms with E-state index in [-0.39, 0.29) is 0 Å². The molecule has 2 heterocycles. The Kier molecular flexibility index (Phi) is 5.28. The fraction of sp³-hybridized carbons (Fsp3) is 0. The Morgan fingerprint density at radius 2 is 0.850 bits per heavy atom. The Bertz CT molecular complexity index is 2240. The van der Waals surface area contributed by atoms with Crippen LogP contribution in [0.4, 0.5) is 0 Å². The molecular weight excluding hydrogens is 531 g/mol. The maximum Gasteiger partial charge on any atom is 0.0613 e. The van der Waals surface area contributed by atoms with E-state index in [1.165, 1.54) is 43.7 Å². The molecule has 2 nitrogen and oxygen atoms in total. The van der Waals surface area contributed by atoms with E-state index in [0.717, 1.165) is 22.4 Å². The lowest BCUT2D eigenvalue weighted by atomic mass is 10.0. The van der Waals surface area contributed by atoms with Crippen LogP contribution < -0.4 is 0 Å². The topological polar surface area (TPSA) is 9.86 Å². The molecule has 0 amide bonds. The van der Waals surface area contributed by atoms with Crippen LogP contribution in [-0.4, -0.2) is 9.13 Å². The summed E-state index contributed by atoms with van der Waals surface area (Å²) in [6.45, 7) is 0. The van der Waals surface area contributed by atoms with E-state index >= 15 is 0 Å². The third-order valence-corrected chi connectivity index (χ3v) is 8.59. The van der Waals surface area contributed by atoms with Gasteiger partial charge in [0.05, 0.1) is 32.1 Å². The van der Waals surface area contributed by atoms with Crippen molar-refractivity contribution in [1.29, 1.82) is 0 Å². The minimum Gasteiger partial charge on any atom is -0.309 e. The van der Waals surface area contributed by atoms with Crippen LogP contribution in [0.1, 0.15) is 0 Å². The molecule has 6 aromatic carbocycles. The molecule has 0 aliphatic heterocycles. The van der Waals surface area contributed by atoms with E-state index in [0.29, 0.717) is 10.0 Å². The average Bonchev–Trinajstić information content (AvgIpc) is 3.51. The first-order chi connectivity index (χ1) is 19.7. The molecule has 0 unspecified atom stereocenters. The van der Waals surface area contributed by atoms with Gasteiger partial charge in [0.1, 0.15) is 0 Å². The van der Waals surface area contributed by atoms with E-state index in [4.69, 9.17) is 23.2 Å². The minimum atomic E-state index is 0.546. The molecule has 0 atom stereocenters. The van der Waals surface area contributed by atoms with Gasteiger partial charge in [0.2, 0.25) is 0 Å². The van der Waals surface area contributed by atoms with Crippen LogP contribution in [0.2, 0.25) is 10.0 Å². The minimum absolute atomic E-state index is 0.546. The van der Waals surface area contributed by atoms with Gasteiger partial charge in [-0.1, -0.05) is 89.9 Å². The van der Waals surface area contributed by atoms with Gasteiger partial charge in [0, 0.05) is 32.9 Å². The van der Waals surface area contributed by atoms with E-state index in [1.54, 1.807) is 0 Å². The Labute approximate surface area is 241 Å². The number of rotatable bonds is 3. The zero-order valence-corrected chi connectivity index (χ0v) is 22.9. The highest BCUT2D eigenvalue weighted by molar-refractivity contribution is 6.42. The summed E-state index contributed by atoms with van der Waals surface area (Å²) in [4.78, 5) is 0. The highest BCUT2D eigenvalue weighted by atomic mass is 35.5. The molecule has 8 aromatic rings. The van der Waals surface area contributed by atoms with Crippen LogP contribution in [0.3, 0.4) is 0 Å². The smallest absolute Gasteiger partial charge is 0.0613 e. The summed E-state index contributed by atoms with van der Waals surface area (Å²) >= 11 is 12.7. The normalized spacial score (nSPS) is 11.8. The molecule has 0 bridgehead atoms. The number of nitrogens with zero attached hydrogens (tertiary/aromatic N) is 2. The molecule has 0 N–H and O–H groups in total. The third-order valence-electron chi connectivity index (χ3n) is 7.85. The first-order valence-corrected chi connectivity index (χ1v) is 14.0. The van der Waals surface area contributed by atoms with Crippen molar-refractivity contribution in [3.05, 3.63) is 144 Å². The second kappa shape index (κ2) is 9.02. The zero-order valence-electron chi connectivity index (χ0n) is 21.4. The number of fused-ring (bicyclic) bond motifs is 6. The Balaban J connectivity index is 1.35. The van der Waals surface area contributed by atoms with Crippen LogP contribution in [0.5, 0.6) is 0 Å². The molecule has 40 heavy (non-hydrogen) atoms. The average molecular weight is 553 g/mol. The number of aromatic nitrogens is 2. The first-order valence-electron chi connectivity index (χ1n) is 13.2. The Morgan fingerprint density at radius 3 is 1.43 bits per heavy atom. The van der Waals surface area contributed by atoms with Crippen molar-refractivity contribution in [2.45, 2.75) is 0 Å². The van der Waals surface area contributed by atoms with Crippen LogP contribution >= 0.6 is 23.2 Å². The predicted octanol–water partition coefficient (Wildman–Crippen LogP) is 10.9. The Morgan fingerprint density at radius 1 is 0.350 bits per heavy atom. The fourth-order valence-corrected chi connectivity index (χ4v) is 6.35. The van der Waals surface area contributed by atoms with Gasteiger partial charge in [-0.25, -0.2) is 0 Å². The van der Waals surface area contributed by atoms with Crippen molar-refractivity contribution in [1.82, 2.24) is 9.13 Å². The second-order valence-corrected chi connectivity index (χ2v) is 10.9. The van der Waals surface area contributed by atoms with Gasteiger partial charge in [-0.15, -0.1) is 0 Å². The molecule has 0 aliphatic rings. The standard InChI is InChI=1S/C36H22Cl2N2/c37-31-17-16-26(22-32(31)38)40-34-13-7-5-11-28(34)30-21-24(15-19-36(30)40)23-14-18-35-29(20-23)27-10-4-6-12-33(27)39(35)25-8-2-1-3-9-25/h1-22H. The number of halogens is 2. The number of benzene rings is 6. The quantitative estimate of drug-likeness (QED) is 0.206. The second-order valence-electron chi connectivity index (χ2n) is 10.1. The monoisotopic (exact) mass is 552 g/mol. The SMILES string of the molecule is Clc1ccc(-n2c3ccccc3c3cc(-c4ccc5c(c4)c4ccccc4n5-c4ccccc4)ccc32)cc1Cl. The van der Waals surface area contributed by atoms with Gasteiger partial charge in [-0.05, 0) is 77.9 Å². The van der Waals surface area contributed by atoms with Crippen molar-refractivity contribution < 1.29 is 0 Å². The molecule has 0 saturated heterocycles. The summed E-state index contributed by atoms with van der Waals surface area (Å²) in [6.07, 6.45) is 0. The molecule has 2 aromatic heterocycles. The molecule has 0 fully saturated rings. The highest BCUT2D eigenvalue weighted by Gasteiger charge is 2.16. The number of para-hydroxylation sites is 3. The fourth-order valence-electron chi connectivity index (χ4n) is 6.06. The molecular formula is C36H22Cl2N2. The van der Waals surface area contributed by atoms with Gasteiger partial charge in [-0.2, -0.15) is 0 Å². The van der Waals surface area contributed by atoms with Gasteiger partial charge >= 0.3 is 0 Å². The van der Waals surface area contributed by atoms with E-state index in [2.05, 4.69) is 124 Å². The maximum atomic E-state index is 6.42. The lowest BCUT2D eigenvalue weighted by Gasteiger charge is -2.10. The Hall–Kier alpha value is -4.50. The van der Waals surface area contributed by atoms with Crippen molar-refractivity contribution in [2.24, 2.45) is 0 Å². The zero-order chi connectivity index (χ0) is 26.8. The summed E-state index contributed by atoms with van der Waals surface area (Å²) in [5.74, 6) is 0. The highest BCUT2D eigenvalue weighted by Crippen LogP contribution is 2.38. The predicted molar refractivity (Wildman–Crippen MR) is 171 cm³/mol. The van der Waals surface area contributed by atoms with E-state index in [1.807, 2.05) is 18.2 Å². The lowest BCUT2D eigenvalue weighted by Crippen LogP contribution is -1.94. The molecule has 0 radical (unpaired) electrons. The molecule has 8 rings (SSSR count). The summed E-state index contributed by atoms with van der Waals surface area (Å²) < 4.78 is 4.61. The summed E-state index contributed by atoms with van der Waals surface area (Å²) in [5, 5.41) is 6.00. The third kappa shape index (κ3) is 3.50. The van der Waals surface area contributed by atoms with E-state index in [9.17, 15) is 0 Å². The molecule has 0 saturated carbocycles. The van der Waals surface area contributed by atoms with Crippen molar-refractivity contribution in [2.75, 3.05) is 0 Å². The largest absolute Gasteiger partial charge is 0.309 e. The number of hydrogen-bond donors (Lipinski definition) is 0. The van der Waals surface area contributed by atoms with Gasteiger partial charge in [-0.3, -0.25) is 0 Å². The van der Waals surface area contributed by atoms with Crippen LogP contribution in [0, 0.1) is 0 Å². The van der Waals surface area contributed by atoms with Gasteiger partial charge in [0.25, 0.3) is 0 Å². The number of hydrogen-bond acceptors (Lipinski definition) is 0. The van der Waals surface area contributed by atoms with Crippen LogP contribution in [-0.2, 0) is 0 Å². The van der Waals surface area contributed by atoms with Gasteiger partial charge < -0.3 is 9.13 Å². The lowest BCUT2D eigenvalue weighted by molar-refractivity contribution is 1.18. The van der Waals surface area contributed by atoms with Crippen LogP contribution in [0.15, 0.2) is 133 Å². The molecule has 4 heteroatoms. The molecule has 0 aliphatic carbocycles. The summed E-state index contributed by atoms with van der Waals surface area (Å²) in [7, 11) is 0. The summed E-state index contributed by atoms with van der Waals surface area (Å²) in [6, 6.07) is 47.1. The maximum absolute atomic E-state index is 6.42. The summed E-state index contributed by atoms with van der Waals surface area (Å²) in [5.41, 5.74) is 9.20. The molecule has 0 spiro atoms. The molecule has 190 valence electrons.